The molecule has 2 amide bonds. The molecule has 0 radical (unpaired) electrons. The van der Waals surface area contributed by atoms with E-state index >= 15 is 0 Å². The van der Waals surface area contributed by atoms with E-state index in [2.05, 4.69) is 4.90 Å². The van der Waals surface area contributed by atoms with Crippen LogP contribution in [0.1, 0.15) is 19.4 Å². The number of rotatable bonds is 8. The van der Waals surface area contributed by atoms with Crippen molar-refractivity contribution in [2.24, 2.45) is 0 Å². The van der Waals surface area contributed by atoms with Crippen molar-refractivity contribution < 1.29 is 23.8 Å². The summed E-state index contributed by atoms with van der Waals surface area (Å²) in [5.41, 5.74) is 0.875. The first kappa shape index (κ1) is 23.1. The molecule has 3 rings (SSSR count). The average Bonchev–Trinajstić information content (AvgIpc) is 2.80. The molecule has 0 atom stereocenters. The molecular weight excluding hydrogens is 398 g/mol. The van der Waals surface area contributed by atoms with Crippen molar-refractivity contribution >= 4 is 17.9 Å². The molecule has 31 heavy (non-hydrogen) atoms. The smallest absolute Gasteiger partial charge is 0.246 e. The molecule has 0 saturated carbocycles. The Morgan fingerprint density at radius 2 is 1.58 bits per heavy atom. The summed E-state index contributed by atoms with van der Waals surface area (Å²) in [6, 6.07) is 5.64. The van der Waals surface area contributed by atoms with Gasteiger partial charge in [0.15, 0.2) is 11.5 Å². The zero-order valence-corrected chi connectivity index (χ0v) is 18.5. The highest BCUT2D eigenvalue weighted by atomic mass is 16.5. The first-order chi connectivity index (χ1) is 15.1. The van der Waals surface area contributed by atoms with Gasteiger partial charge in [0.2, 0.25) is 11.8 Å². The van der Waals surface area contributed by atoms with Gasteiger partial charge in [-0.1, -0.05) is 6.07 Å². The number of ether oxygens (including phenoxy) is 3. The predicted octanol–water partition coefficient (Wildman–Crippen LogP) is 1.50. The molecule has 2 heterocycles. The van der Waals surface area contributed by atoms with E-state index in [0.717, 1.165) is 18.7 Å². The maximum absolute atomic E-state index is 12.6. The summed E-state index contributed by atoms with van der Waals surface area (Å²) in [5.74, 6) is 1.45. The molecule has 2 saturated heterocycles. The topological polar surface area (TPSA) is 71.6 Å². The molecule has 8 nitrogen and oxygen atoms in total. The molecule has 2 aliphatic rings. The van der Waals surface area contributed by atoms with E-state index < -0.39 is 0 Å². The second-order valence-corrected chi connectivity index (χ2v) is 7.50. The molecule has 1 aromatic carbocycles. The van der Waals surface area contributed by atoms with Crippen LogP contribution in [0.2, 0.25) is 0 Å². The summed E-state index contributed by atoms with van der Waals surface area (Å²) in [7, 11) is 0. The van der Waals surface area contributed by atoms with Gasteiger partial charge in [-0.15, -0.1) is 0 Å². The number of amides is 2. The number of morpholine rings is 1. The highest BCUT2D eigenvalue weighted by molar-refractivity contribution is 5.92. The van der Waals surface area contributed by atoms with Crippen LogP contribution in [0.4, 0.5) is 0 Å². The number of nitrogens with zero attached hydrogens (tertiary/aromatic N) is 3. The normalized spacial score (nSPS) is 17.7. The van der Waals surface area contributed by atoms with Crippen LogP contribution in [-0.2, 0) is 14.3 Å². The summed E-state index contributed by atoms with van der Waals surface area (Å²) in [6.45, 7) is 10.6. The van der Waals surface area contributed by atoms with Gasteiger partial charge in [-0.2, -0.15) is 0 Å². The van der Waals surface area contributed by atoms with Crippen molar-refractivity contribution in [3.05, 3.63) is 29.8 Å². The lowest BCUT2D eigenvalue weighted by atomic mass is 10.1. The Balaban J connectivity index is 1.49. The fourth-order valence-electron chi connectivity index (χ4n) is 3.67. The summed E-state index contributed by atoms with van der Waals surface area (Å²) in [6.07, 6.45) is 3.37. The molecule has 0 aliphatic carbocycles. The van der Waals surface area contributed by atoms with Crippen LogP contribution >= 0.6 is 0 Å². The molecule has 0 aromatic heterocycles. The number of hydrogen-bond acceptors (Lipinski definition) is 6. The molecular formula is C23H33N3O5. The molecule has 2 fully saturated rings. The lowest BCUT2D eigenvalue weighted by molar-refractivity contribution is -0.138. The van der Waals surface area contributed by atoms with Gasteiger partial charge in [0.05, 0.1) is 33.0 Å². The maximum atomic E-state index is 12.6. The minimum Gasteiger partial charge on any atom is -0.490 e. The van der Waals surface area contributed by atoms with E-state index in [1.165, 1.54) is 0 Å². The van der Waals surface area contributed by atoms with Crippen LogP contribution < -0.4 is 9.47 Å². The zero-order valence-electron chi connectivity index (χ0n) is 18.5. The summed E-state index contributed by atoms with van der Waals surface area (Å²) in [4.78, 5) is 30.9. The number of carbonyl (C=O) groups excluding carboxylic acids is 2. The van der Waals surface area contributed by atoms with E-state index in [1.807, 2.05) is 36.9 Å². The van der Waals surface area contributed by atoms with Crippen LogP contribution in [0, 0.1) is 0 Å². The quantitative estimate of drug-likeness (QED) is 0.581. The minimum absolute atomic E-state index is 0.0490. The molecule has 170 valence electrons. The second-order valence-electron chi connectivity index (χ2n) is 7.50. The fourth-order valence-corrected chi connectivity index (χ4v) is 3.67. The number of carbonyl (C=O) groups is 2. The van der Waals surface area contributed by atoms with E-state index in [0.29, 0.717) is 70.7 Å². The van der Waals surface area contributed by atoms with Crippen molar-refractivity contribution in [3.63, 3.8) is 0 Å². The SMILES string of the molecule is CCOc1ccc(/C=C/C(=O)N2CCN(C(=O)CN3CCOCC3)CC2)cc1OCC. The van der Waals surface area contributed by atoms with Gasteiger partial charge in [0, 0.05) is 45.3 Å². The predicted molar refractivity (Wildman–Crippen MR) is 118 cm³/mol. The summed E-state index contributed by atoms with van der Waals surface area (Å²) < 4.78 is 16.5. The highest BCUT2D eigenvalue weighted by Crippen LogP contribution is 2.29. The molecule has 8 heteroatoms. The Morgan fingerprint density at radius 1 is 0.935 bits per heavy atom. The van der Waals surface area contributed by atoms with Crippen molar-refractivity contribution in [2.75, 3.05) is 72.2 Å². The van der Waals surface area contributed by atoms with Gasteiger partial charge >= 0.3 is 0 Å². The Morgan fingerprint density at radius 3 is 2.26 bits per heavy atom. The molecule has 1 aromatic rings. The third-order valence-corrected chi connectivity index (χ3v) is 5.39. The van der Waals surface area contributed by atoms with Gasteiger partial charge in [0.25, 0.3) is 0 Å². The van der Waals surface area contributed by atoms with Crippen molar-refractivity contribution in [1.29, 1.82) is 0 Å². The van der Waals surface area contributed by atoms with Gasteiger partial charge in [0.1, 0.15) is 0 Å². The van der Waals surface area contributed by atoms with Crippen LogP contribution in [-0.4, -0.2) is 98.8 Å². The molecule has 0 bridgehead atoms. The molecule has 0 unspecified atom stereocenters. The van der Waals surface area contributed by atoms with Crippen LogP contribution in [0.15, 0.2) is 24.3 Å². The molecule has 2 aliphatic heterocycles. The number of hydrogen-bond donors (Lipinski definition) is 0. The first-order valence-corrected chi connectivity index (χ1v) is 11.0. The standard InChI is InChI=1S/C23H33N3O5/c1-3-30-20-7-5-19(17-21(20)31-4-2)6-8-22(27)25-9-11-26(12-10-25)23(28)18-24-13-15-29-16-14-24/h5-8,17H,3-4,9-16,18H2,1-2H3/b8-6+. The van der Waals surface area contributed by atoms with E-state index in [4.69, 9.17) is 14.2 Å². The Hall–Kier alpha value is -2.58. The summed E-state index contributed by atoms with van der Waals surface area (Å²) in [5, 5.41) is 0. The van der Waals surface area contributed by atoms with Crippen molar-refractivity contribution in [2.45, 2.75) is 13.8 Å². The Labute approximate surface area is 184 Å². The van der Waals surface area contributed by atoms with E-state index in [1.54, 1.807) is 17.1 Å². The minimum atomic E-state index is -0.0490. The lowest BCUT2D eigenvalue weighted by Crippen LogP contribution is -2.53. The van der Waals surface area contributed by atoms with Gasteiger partial charge in [-0.05, 0) is 37.6 Å². The lowest BCUT2D eigenvalue weighted by Gasteiger charge is -2.36. The van der Waals surface area contributed by atoms with Crippen LogP contribution in [0.3, 0.4) is 0 Å². The number of piperazine rings is 1. The van der Waals surface area contributed by atoms with Crippen LogP contribution in [0.25, 0.3) is 6.08 Å². The monoisotopic (exact) mass is 431 g/mol. The second kappa shape index (κ2) is 11.7. The van der Waals surface area contributed by atoms with E-state index in [-0.39, 0.29) is 11.8 Å². The van der Waals surface area contributed by atoms with Crippen molar-refractivity contribution in [1.82, 2.24) is 14.7 Å². The van der Waals surface area contributed by atoms with E-state index in [9.17, 15) is 9.59 Å². The third kappa shape index (κ3) is 6.70. The molecule has 0 N–H and O–H groups in total. The summed E-state index contributed by atoms with van der Waals surface area (Å²) >= 11 is 0. The van der Waals surface area contributed by atoms with Gasteiger partial charge in [-0.25, -0.2) is 0 Å². The maximum Gasteiger partial charge on any atom is 0.246 e. The Bertz CT molecular complexity index is 768. The number of benzene rings is 1. The largest absolute Gasteiger partial charge is 0.490 e. The highest BCUT2D eigenvalue weighted by Gasteiger charge is 2.24. The van der Waals surface area contributed by atoms with Crippen LogP contribution in [0.5, 0.6) is 11.5 Å². The fraction of sp³-hybridized carbons (Fsp3) is 0.565. The van der Waals surface area contributed by atoms with Crippen molar-refractivity contribution in [3.8, 4) is 11.5 Å². The Kier molecular flexibility index (Phi) is 8.73. The average molecular weight is 432 g/mol. The van der Waals surface area contributed by atoms with Gasteiger partial charge in [-0.3, -0.25) is 14.5 Å². The third-order valence-electron chi connectivity index (χ3n) is 5.39. The first-order valence-electron chi connectivity index (χ1n) is 11.0. The van der Waals surface area contributed by atoms with Gasteiger partial charge < -0.3 is 24.0 Å². The zero-order chi connectivity index (χ0) is 22.1. The molecule has 0 spiro atoms.